The van der Waals surface area contributed by atoms with Crippen LogP contribution < -0.4 is 0 Å². The molecule has 0 aromatic heterocycles. The van der Waals surface area contributed by atoms with Crippen LogP contribution in [0.3, 0.4) is 0 Å². The van der Waals surface area contributed by atoms with Crippen LogP contribution in [-0.2, 0) is 14.9 Å². The number of halogens is 9. The summed E-state index contributed by atoms with van der Waals surface area (Å²) in [6.45, 7) is 0. The van der Waals surface area contributed by atoms with Crippen molar-refractivity contribution in [2.75, 3.05) is 0 Å². The molecule has 0 aromatic rings. The van der Waals surface area contributed by atoms with E-state index in [-0.39, 0.29) is 0 Å². The van der Waals surface area contributed by atoms with Crippen molar-refractivity contribution in [2.24, 2.45) is 0 Å². The molecule has 0 radical (unpaired) electrons. The highest BCUT2D eigenvalue weighted by Crippen LogP contribution is 2.36. The van der Waals surface area contributed by atoms with Crippen molar-refractivity contribution < 1.29 is 57.2 Å². The van der Waals surface area contributed by atoms with Crippen LogP contribution in [0.25, 0.3) is 0 Å². The van der Waals surface area contributed by atoms with Gasteiger partial charge in [0.05, 0.1) is 0 Å². The molecule has 0 aliphatic rings. The van der Waals surface area contributed by atoms with Crippen LogP contribution >= 0.6 is 0 Å². The molecule has 4 nitrogen and oxygen atoms in total. The first kappa shape index (κ1) is 18.6. The van der Waals surface area contributed by atoms with E-state index in [2.05, 4.69) is 4.74 Å². The molecule has 0 amide bonds. The second kappa shape index (κ2) is 5.51. The van der Waals surface area contributed by atoms with E-state index in [9.17, 15) is 47.9 Å². The fourth-order valence-electron chi connectivity index (χ4n) is 0.509. The molecule has 0 aliphatic heterocycles. The number of hydrogen-bond acceptors (Lipinski definition) is 3. The van der Waals surface area contributed by atoms with E-state index in [1.165, 1.54) is 0 Å². The van der Waals surface area contributed by atoms with E-state index in [0.717, 1.165) is 0 Å². The number of ether oxygens (including phenoxy) is 1. The van der Waals surface area contributed by atoms with Gasteiger partial charge in [0.2, 0.25) is 17.5 Å². The lowest BCUT2D eigenvalue weighted by Gasteiger charge is -2.12. The molecule has 0 atom stereocenters. The Hall–Kier alpha value is -1.44. The highest BCUT2D eigenvalue weighted by Gasteiger charge is 2.50. The van der Waals surface area contributed by atoms with Crippen molar-refractivity contribution >= 4 is 10.1 Å². The van der Waals surface area contributed by atoms with Crippen LogP contribution in [-0.4, -0.2) is 24.6 Å². The molecule has 0 saturated carbocycles. The summed E-state index contributed by atoms with van der Waals surface area (Å²) in [6, 6.07) is -3.54. The molecular weight excluding hydrogens is 339 g/mol. The molecule has 0 bridgehead atoms. The molecule has 0 aliphatic carbocycles. The summed E-state index contributed by atoms with van der Waals surface area (Å²) in [5.41, 5.74) is -5.84. The zero-order valence-electron chi connectivity index (χ0n) is 8.48. The third kappa shape index (κ3) is 4.29. The minimum atomic E-state index is -6.46. The summed E-state index contributed by atoms with van der Waals surface area (Å²) < 4.78 is 138. The Balaban J connectivity index is 5.63. The van der Waals surface area contributed by atoms with Crippen molar-refractivity contribution in [2.45, 2.75) is 11.6 Å². The largest absolute Gasteiger partial charge is 0.535 e. The first-order chi connectivity index (χ1) is 8.61. The normalized spacial score (nSPS) is 16.5. The monoisotopic (exact) mass is 340 g/mol. The fraction of sp³-hybridized carbons (Fsp3) is 0.333. The first-order valence-electron chi connectivity index (χ1n) is 3.83. The quantitative estimate of drug-likeness (QED) is 0.369. The Bertz CT molecular complexity index is 543. The molecule has 0 saturated heterocycles. The maximum atomic E-state index is 12.5. The predicted octanol–water partition coefficient (Wildman–Crippen LogP) is 3.26. The van der Waals surface area contributed by atoms with E-state index in [1.807, 2.05) is 0 Å². The van der Waals surface area contributed by atoms with Crippen LogP contribution in [0.2, 0.25) is 0 Å². The van der Waals surface area contributed by atoms with E-state index in [1.54, 1.807) is 0 Å². The zero-order valence-corrected chi connectivity index (χ0v) is 9.30. The number of allylic oxidation sites excluding steroid dienone is 3. The van der Waals surface area contributed by atoms with Gasteiger partial charge in [0.15, 0.2) is 0 Å². The van der Waals surface area contributed by atoms with E-state index >= 15 is 0 Å². The van der Waals surface area contributed by atoms with Crippen molar-refractivity contribution in [1.82, 2.24) is 0 Å². The van der Waals surface area contributed by atoms with Gasteiger partial charge < -0.3 is 4.74 Å². The molecule has 20 heavy (non-hydrogen) atoms. The molecular formula is C6HF9O4S. The zero-order chi connectivity index (χ0) is 16.5. The third-order valence-electron chi connectivity index (χ3n) is 1.32. The van der Waals surface area contributed by atoms with E-state index in [0.29, 0.717) is 0 Å². The van der Waals surface area contributed by atoms with Gasteiger partial charge in [0, 0.05) is 0 Å². The Morgan fingerprint density at radius 3 is 1.60 bits per heavy atom. The minimum Gasteiger partial charge on any atom is -0.390 e. The van der Waals surface area contributed by atoms with Gasteiger partial charge in [-0.05, 0) is 0 Å². The molecule has 0 fully saturated rings. The topological polar surface area (TPSA) is 63.6 Å². The van der Waals surface area contributed by atoms with Gasteiger partial charge in [-0.25, -0.2) is 4.39 Å². The lowest BCUT2D eigenvalue weighted by molar-refractivity contribution is -0.163. The number of rotatable bonds is 4. The highest BCUT2D eigenvalue weighted by molar-refractivity contribution is 7.86. The van der Waals surface area contributed by atoms with Crippen molar-refractivity contribution in [1.29, 1.82) is 0 Å². The third-order valence-corrected chi connectivity index (χ3v) is 2.00. The van der Waals surface area contributed by atoms with Gasteiger partial charge in [-0.1, -0.05) is 0 Å². The minimum absolute atomic E-state index is 2.31. The Labute approximate surface area is 103 Å². The van der Waals surface area contributed by atoms with Crippen molar-refractivity contribution in [3.05, 3.63) is 23.5 Å². The average Bonchev–Trinajstić information content (AvgIpc) is 2.22. The molecule has 0 rings (SSSR count). The van der Waals surface area contributed by atoms with Gasteiger partial charge in [-0.3, -0.25) is 4.55 Å². The first-order valence-corrected chi connectivity index (χ1v) is 5.27. The Morgan fingerprint density at radius 2 is 1.30 bits per heavy atom. The summed E-state index contributed by atoms with van der Waals surface area (Å²) in [6.07, 6.45) is -6.10. The molecule has 14 heteroatoms. The lowest BCUT2D eigenvalue weighted by Crippen LogP contribution is -2.30. The molecule has 0 heterocycles. The van der Waals surface area contributed by atoms with Gasteiger partial charge >= 0.3 is 27.7 Å². The maximum absolute atomic E-state index is 12.5. The van der Waals surface area contributed by atoms with Gasteiger partial charge in [-0.2, -0.15) is 34.8 Å². The summed E-state index contributed by atoms with van der Waals surface area (Å²) >= 11 is 0. The summed E-state index contributed by atoms with van der Waals surface area (Å²) in [5.74, 6) is -10.9. The summed E-state index contributed by atoms with van der Waals surface area (Å²) in [5, 5.41) is 0. The fourth-order valence-corrected chi connectivity index (χ4v) is 0.687. The average molecular weight is 340 g/mol. The van der Waals surface area contributed by atoms with Crippen LogP contribution in [0.15, 0.2) is 23.5 Å². The van der Waals surface area contributed by atoms with E-state index < -0.39 is 45.2 Å². The Kier molecular flexibility index (Phi) is 5.11. The van der Waals surface area contributed by atoms with Crippen LogP contribution in [0, 0.1) is 0 Å². The number of alkyl halides is 5. The van der Waals surface area contributed by atoms with Crippen molar-refractivity contribution in [3.63, 3.8) is 0 Å². The molecule has 1 N–H and O–H groups in total. The highest BCUT2D eigenvalue weighted by atomic mass is 32.2. The van der Waals surface area contributed by atoms with Crippen LogP contribution in [0.1, 0.15) is 0 Å². The van der Waals surface area contributed by atoms with Gasteiger partial charge in [0.25, 0.3) is 0 Å². The predicted molar refractivity (Wildman–Crippen MR) is 42.1 cm³/mol. The maximum Gasteiger partial charge on any atom is 0.535 e. The molecule has 0 unspecified atom stereocenters. The van der Waals surface area contributed by atoms with Gasteiger partial charge in [-0.15, -0.1) is 8.78 Å². The number of hydrogen-bond donors (Lipinski definition) is 1. The molecule has 118 valence electrons. The summed E-state index contributed by atoms with van der Waals surface area (Å²) in [7, 11) is -6.46. The lowest BCUT2D eigenvalue weighted by atomic mass is 10.4. The Morgan fingerprint density at radius 1 is 0.900 bits per heavy atom. The second-order valence-corrected chi connectivity index (χ2v) is 4.18. The molecule has 0 aromatic carbocycles. The molecule has 0 spiro atoms. The van der Waals surface area contributed by atoms with Crippen LogP contribution in [0.5, 0.6) is 0 Å². The van der Waals surface area contributed by atoms with Gasteiger partial charge in [0.1, 0.15) is 0 Å². The standard InChI is InChI=1S/C6HF9O4S/c7-1(3(9)5(11,12)13)2(8)4(10)19-6(14,15)20(16,17)18/h(H,16,17,18). The van der Waals surface area contributed by atoms with Crippen molar-refractivity contribution in [3.8, 4) is 0 Å². The SMILES string of the molecule is O=S(=O)(O)C(F)(F)OC(F)=C(F)C(F)=C(F)C(F)(F)F. The van der Waals surface area contributed by atoms with Crippen LogP contribution in [0.4, 0.5) is 39.5 Å². The summed E-state index contributed by atoms with van der Waals surface area (Å²) in [4.78, 5) is 0. The van der Waals surface area contributed by atoms with E-state index in [4.69, 9.17) is 4.55 Å². The smallest absolute Gasteiger partial charge is 0.390 e. The second-order valence-electron chi connectivity index (χ2n) is 2.75.